The number of fused-ring (bicyclic) bond motifs is 9. The first-order valence-electron chi connectivity index (χ1n) is 21.1. The highest BCUT2D eigenvalue weighted by molar-refractivity contribution is 6.15. The standard InChI is InChI=1S/C57H34N4O2/c1-4-13-35(14-5-1)38-25-30-49-47(31-38)43-19-10-11-21-48(43)61(49)41-26-29-46-53(34-41)62-50-22-12-20-42(54(46)50)39-23-27-44-45-28-24-40(33-52(45)63-51(44)32-39)57-59-55(36-15-6-2-7-16-36)58-56(60-57)37-17-8-3-9-18-37/h1-34H. The van der Waals surface area contributed by atoms with Crippen molar-refractivity contribution in [1.29, 1.82) is 0 Å². The van der Waals surface area contributed by atoms with Gasteiger partial charge in [0.05, 0.1) is 11.0 Å². The Balaban J connectivity index is 0.896. The second-order valence-electron chi connectivity index (χ2n) is 16.0. The summed E-state index contributed by atoms with van der Waals surface area (Å²) in [7, 11) is 0. The second-order valence-corrected chi connectivity index (χ2v) is 16.0. The van der Waals surface area contributed by atoms with Crippen molar-refractivity contribution in [2.24, 2.45) is 0 Å². The third-order valence-electron chi connectivity index (χ3n) is 12.3. The number of rotatable bonds is 6. The van der Waals surface area contributed by atoms with E-state index in [2.05, 4.69) is 144 Å². The molecule has 0 saturated carbocycles. The summed E-state index contributed by atoms with van der Waals surface area (Å²) in [6.45, 7) is 0. The third kappa shape index (κ3) is 5.76. The van der Waals surface area contributed by atoms with Gasteiger partial charge in [-0.25, -0.2) is 15.0 Å². The first-order valence-corrected chi connectivity index (χ1v) is 21.1. The number of hydrogen-bond donors (Lipinski definition) is 0. The summed E-state index contributed by atoms with van der Waals surface area (Å²) in [6.07, 6.45) is 0. The molecule has 294 valence electrons. The summed E-state index contributed by atoms with van der Waals surface area (Å²) in [5, 5.41) is 6.65. The van der Waals surface area contributed by atoms with Gasteiger partial charge in [0.25, 0.3) is 0 Å². The molecule has 4 heterocycles. The molecule has 0 aliphatic carbocycles. The maximum absolute atomic E-state index is 6.67. The minimum Gasteiger partial charge on any atom is -0.456 e. The molecule has 0 bridgehead atoms. The van der Waals surface area contributed by atoms with Crippen molar-refractivity contribution in [2.75, 3.05) is 0 Å². The summed E-state index contributed by atoms with van der Waals surface area (Å²) in [5.74, 6) is 1.83. The van der Waals surface area contributed by atoms with E-state index in [4.69, 9.17) is 23.8 Å². The van der Waals surface area contributed by atoms with Crippen LogP contribution in [0.15, 0.2) is 215 Å². The minimum absolute atomic E-state index is 0.586. The van der Waals surface area contributed by atoms with Crippen LogP contribution in [0.3, 0.4) is 0 Å². The Kier molecular flexibility index (Phi) is 7.80. The van der Waals surface area contributed by atoms with Crippen LogP contribution < -0.4 is 0 Å². The van der Waals surface area contributed by atoms with Gasteiger partial charge in [-0.2, -0.15) is 0 Å². The van der Waals surface area contributed by atoms with Crippen LogP contribution in [-0.2, 0) is 0 Å². The van der Waals surface area contributed by atoms with Crippen LogP contribution in [0.25, 0.3) is 128 Å². The van der Waals surface area contributed by atoms with E-state index < -0.39 is 0 Å². The van der Waals surface area contributed by atoms with Gasteiger partial charge in [-0.3, -0.25) is 0 Å². The van der Waals surface area contributed by atoms with Crippen molar-refractivity contribution < 1.29 is 8.83 Å². The molecule has 9 aromatic carbocycles. The molecule has 13 rings (SSSR count). The molecule has 0 fully saturated rings. The summed E-state index contributed by atoms with van der Waals surface area (Å²) in [5.41, 5.74) is 13.9. The molecule has 4 aromatic heterocycles. The van der Waals surface area contributed by atoms with Crippen LogP contribution >= 0.6 is 0 Å². The monoisotopic (exact) mass is 806 g/mol. The average molecular weight is 807 g/mol. The lowest BCUT2D eigenvalue weighted by molar-refractivity contribution is 0.668. The molecular formula is C57H34N4O2. The van der Waals surface area contributed by atoms with E-state index >= 15 is 0 Å². The van der Waals surface area contributed by atoms with Crippen molar-refractivity contribution in [3.63, 3.8) is 0 Å². The average Bonchev–Trinajstić information content (AvgIpc) is 4.03. The van der Waals surface area contributed by atoms with Crippen LogP contribution in [0, 0.1) is 0 Å². The highest BCUT2D eigenvalue weighted by Crippen LogP contribution is 2.42. The van der Waals surface area contributed by atoms with Crippen LogP contribution in [0.5, 0.6) is 0 Å². The van der Waals surface area contributed by atoms with Crippen LogP contribution in [-0.4, -0.2) is 19.5 Å². The van der Waals surface area contributed by atoms with Crippen molar-refractivity contribution in [2.45, 2.75) is 0 Å². The predicted molar refractivity (Wildman–Crippen MR) is 256 cm³/mol. The maximum Gasteiger partial charge on any atom is 0.164 e. The van der Waals surface area contributed by atoms with Crippen molar-refractivity contribution in [3.05, 3.63) is 206 Å². The fourth-order valence-corrected chi connectivity index (χ4v) is 9.28. The topological polar surface area (TPSA) is 69.9 Å². The second kappa shape index (κ2) is 14.0. The molecule has 63 heavy (non-hydrogen) atoms. The number of nitrogens with zero attached hydrogens (tertiary/aromatic N) is 4. The molecule has 0 unspecified atom stereocenters. The first kappa shape index (κ1) is 35.2. The predicted octanol–water partition coefficient (Wildman–Crippen LogP) is 15.1. The van der Waals surface area contributed by atoms with Gasteiger partial charge in [-0.15, -0.1) is 0 Å². The molecule has 0 aliphatic rings. The smallest absolute Gasteiger partial charge is 0.164 e. The lowest BCUT2D eigenvalue weighted by Gasteiger charge is -2.09. The number of hydrogen-bond acceptors (Lipinski definition) is 5. The number of aromatic nitrogens is 4. The Bertz CT molecular complexity index is 3850. The maximum atomic E-state index is 6.67. The van der Waals surface area contributed by atoms with E-state index in [1.165, 1.54) is 21.9 Å². The molecule has 0 amide bonds. The molecule has 6 heteroatoms. The molecule has 0 N–H and O–H groups in total. The quantitative estimate of drug-likeness (QED) is 0.167. The zero-order valence-corrected chi connectivity index (χ0v) is 33.7. The molecule has 0 radical (unpaired) electrons. The van der Waals surface area contributed by atoms with Gasteiger partial charge in [-0.1, -0.05) is 140 Å². The van der Waals surface area contributed by atoms with Gasteiger partial charge in [0.15, 0.2) is 17.5 Å². The van der Waals surface area contributed by atoms with E-state index in [0.29, 0.717) is 17.5 Å². The van der Waals surface area contributed by atoms with E-state index in [1.807, 2.05) is 66.7 Å². The van der Waals surface area contributed by atoms with Gasteiger partial charge >= 0.3 is 0 Å². The first-order chi connectivity index (χ1) is 31.2. The van der Waals surface area contributed by atoms with E-state index in [1.54, 1.807) is 0 Å². The summed E-state index contributed by atoms with van der Waals surface area (Å²) in [6, 6.07) is 71.6. The Morgan fingerprint density at radius 2 is 0.841 bits per heavy atom. The zero-order valence-electron chi connectivity index (χ0n) is 33.7. The zero-order chi connectivity index (χ0) is 41.4. The SMILES string of the molecule is c1ccc(-c2ccc3c(c2)c2ccccc2n3-c2ccc3c(c2)oc2cccc(-c4ccc5c(c4)oc4cc(-c6nc(-c7ccccc7)nc(-c7ccccc7)n6)ccc45)c23)cc1. The number of furan rings is 2. The molecular weight excluding hydrogens is 773 g/mol. The number of benzene rings is 9. The Hall–Kier alpha value is -8.61. The number of para-hydroxylation sites is 1. The van der Waals surface area contributed by atoms with E-state index in [9.17, 15) is 0 Å². The molecule has 0 atom stereocenters. The van der Waals surface area contributed by atoms with Gasteiger partial charge in [0.2, 0.25) is 0 Å². The van der Waals surface area contributed by atoms with Crippen molar-refractivity contribution >= 4 is 65.7 Å². The van der Waals surface area contributed by atoms with Crippen LogP contribution in [0.1, 0.15) is 0 Å². The summed E-state index contributed by atoms with van der Waals surface area (Å²) >= 11 is 0. The summed E-state index contributed by atoms with van der Waals surface area (Å²) < 4.78 is 15.7. The van der Waals surface area contributed by atoms with Crippen LogP contribution in [0.2, 0.25) is 0 Å². The molecule has 0 saturated heterocycles. The van der Waals surface area contributed by atoms with Gasteiger partial charge in [0, 0.05) is 60.8 Å². The Labute approximate surface area is 361 Å². The fourth-order valence-electron chi connectivity index (χ4n) is 9.28. The fraction of sp³-hybridized carbons (Fsp3) is 0. The molecule has 0 aliphatic heterocycles. The molecule has 0 spiro atoms. The largest absolute Gasteiger partial charge is 0.456 e. The van der Waals surface area contributed by atoms with Gasteiger partial charge in [-0.05, 0) is 82.9 Å². The summed E-state index contributed by atoms with van der Waals surface area (Å²) in [4.78, 5) is 14.8. The van der Waals surface area contributed by atoms with Crippen LogP contribution in [0.4, 0.5) is 0 Å². The highest BCUT2D eigenvalue weighted by Gasteiger charge is 2.19. The lowest BCUT2D eigenvalue weighted by Crippen LogP contribution is -2.00. The van der Waals surface area contributed by atoms with Crippen molar-refractivity contribution in [3.8, 4) is 62.1 Å². The normalized spacial score (nSPS) is 11.8. The Morgan fingerprint density at radius 1 is 0.302 bits per heavy atom. The third-order valence-corrected chi connectivity index (χ3v) is 12.3. The van der Waals surface area contributed by atoms with Gasteiger partial charge < -0.3 is 13.4 Å². The van der Waals surface area contributed by atoms with E-state index in [-0.39, 0.29) is 0 Å². The van der Waals surface area contributed by atoms with Gasteiger partial charge in [0.1, 0.15) is 22.3 Å². The van der Waals surface area contributed by atoms with E-state index in [0.717, 1.165) is 88.4 Å². The minimum atomic E-state index is 0.586. The lowest BCUT2D eigenvalue weighted by atomic mass is 9.98. The Morgan fingerprint density at radius 3 is 1.56 bits per heavy atom. The molecule has 6 nitrogen and oxygen atoms in total. The highest BCUT2D eigenvalue weighted by atomic mass is 16.3. The van der Waals surface area contributed by atoms with Crippen molar-refractivity contribution in [1.82, 2.24) is 19.5 Å². The molecule has 13 aromatic rings.